The van der Waals surface area contributed by atoms with Crippen LogP contribution >= 0.6 is 34.5 Å². The number of piperazine rings is 1. The van der Waals surface area contributed by atoms with Crippen LogP contribution in [0.5, 0.6) is 0 Å². The third kappa shape index (κ3) is 7.12. The van der Waals surface area contributed by atoms with Gasteiger partial charge in [-0.15, -0.1) is 11.3 Å². The van der Waals surface area contributed by atoms with Crippen molar-refractivity contribution in [2.75, 3.05) is 31.1 Å². The Bertz CT molecular complexity index is 1260. The van der Waals surface area contributed by atoms with E-state index < -0.39 is 24.0 Å². The largest absolute Gasteiger partial charge is 0.380 e. The first-order valence-electron chi connectivity index (χ1n) is 11.7. The van der Waals surface area contributed by atoms with Gasteiger partial charge in [0.15, 0.2) is 12.2 Å². The molecule has 0 radical (unpaired) electrons. The van der Waals surface area contributed by atoms with Gasteiger partial charge in [-0.05, 0) is 46.8 Å². The van der Waals surface area contributed by atoms with Crippen LogP contribution < -0.4 is 10.2 Å². The molecule has 2 heterocycles. The summed E-state index contributed by atoms with van der Waals surface area (Å²) in [6, 6.07) is 16.9. The highest BCUT2D eigenvalue weighted by Crippen LogP contribution is 2.26. The van der Waals surface area contributed by atoms with Crippen molar-refractivity contribution in [1.29, 1.82) is 0 Å². The fraction of sp³-hybridized carbons (Fsp3) is 0.259. The number of amides is 2. The summed E-state index contributed by atoms with van der Waals surface area (Å²) >= 11 is 13.6. The highest BCUT2D eigenvalue weighted by Gasteiger charge is 2.34. The van der Waals surface area contributed by atoms with Crippen LogP contribution in [0.25, 0.3) is 12.2 Å². The van der Waals surface area contributed by atoms with Gasteiger partial charge >= 0.3 is 0 Å². The number of aliphatic hydroxyl groups is 2. The molecule has 3 N–H and O–H groups in total. The fourth-order valence-corrected chi connectivity index (χ4v) is 5.14. The van der Waals surface area contributed by atoms with Crippen LogP contribution in [0, 0.1) is 0 Å². The van der Waals surface area contributed by atoms with Gasteiger partial charge in [0.2, 0.25) is 0 Å². The summed E-state index contributed by atoms with van der Waals surface area (Å²) in [5, 5.41) is 26.5. The van der Waals surface area contributed by atoms with Crippen LogP contribution in [0.4, 0.5) is 5.69 Å². The van der Waals surface area contributed by atoms with E-state index in [1.165, 1.54) is 16.2 Å². The SMILES string of the molecule is O=C(NCc1cc(C=Cc2ccc(Cl)cc2)cs1)[C@H](O)[C@@H](O)C(=O)N1CCN(c2ccccc2Cl)CC1. The molecule has 1 aliphatic heterocycles. The van der Waals surface area contributed by atoms with Crippen molar-refractivity contribution < 1.29 is 19.8 Å². The Hall–Kier alpha value is -2.88. The van der Waals surface area contributed by atoms with E-state index >= 15 is 0 Å². The molecule has 3 aromatic rings. The second-order valence-electron chi connectivity index (χ2n) is 8.60. The molecule has 0 unspecified atom stereocenters. The van der Waals surface area contributed by atoms with Crippen LogP contribution in [-0.2, 0) is 16.1 Å². The Labute approximate surface area is 229 Å². The Kier molecular flexibility index (Phi) is 9.23. The predicted octanol–water partition coefficient (Wildman–Crippen LogP) is 3.91. The highest BCUT2D eigenvalue weighted by molar-refractivity contribution is 7.10. The number of nitrogens with one attached hydrogen (secondary N) is 1. The molecule has 37 heavy (non-hydrogen) atoms. The molecule has 2 aromatic carbocycles. The van der Waals surface area contributed by atoms with Gasteiger partial charge in [-0.2, -0.15) is 0 Å². The highest BCUT2D eigenvalue weighted by atomic mass is 35.5. The van der Waals surface area contributed by atoms with Gasteiger partial charge in [-0.25, -0.2) is 0 Å². The number of para-hydroxylation sites is 1. The number of benzene rings is 2. The molecule has 1 saturated heterocycles. The van der Waals surface area contributed by atoms with E-state index in [1.807, 2.05) is 72.1 Å². The summed E-state index contributed by atoms with van der Waals surface area (Å²) in [6.45, 7) is 1.91. The molecule has 10 heteroatoms. The zero-order valence-corrected chi connectivity index (χ0v) is 22.2. The van der Waals surface area contributed by atoms with E-state index in [-0.39, 0.29) is 6.54 Å². The molecular weight excluding hydrogens is 533 g/mol. The molecule has 1 aliphatic rings. The number of carbonyl (C=O) groups excluding carboxylic acids is 2. The van der Waals surface area contributed by atoms with Gasteiger partial charge in [-0.3, -0.25) is 9.59 Å². The Morgan fingerprint density at radius 1 is 0.946 bits per heavy atom. The monoisotopic (exact) mass is 559 g/mol. The van der Waals surface area contributed by atoms with Crippen LogP contribution in [-0.4, -0.2) is 65.3 Å². The Morgan fingerprint density at radius 2 is 1.62 bits per heavy atom. The quantitative estimate of drug-likeness (QED) is 0.389. The summed E-state index contributed by atoms with van der Waals surface area (Å²) in [6.07, 6.45) is 0.209. The minimum Gasteiger partial charge on any atom is -0.380 e. The van der Waals surface area contributed by atoms with E-state index in [2.05, 4.69) is 10.2 Å². The number of hydrogen-bond acceptors (Lipinski definition) is 6. The molecule has 2 amide bonds. The van der Waals surface area contributed by atoms with Gasteiger partial charge in [0, 0.05) is 36.1 Å². The van der Waals surface area contributed by atoms with Crippen molar-refractivity contribution in [1.82, 2.24) is 10.2 Å². The second-order valence-corrected chi connectivity index (χ2v) is 10.4. The van der Waals surface area contributed by atoms with E-state index in [1.54, 1.807) is 0 Å². The van der Waals surface area contributed by atoms with Crippen LogP contribution in [0.1, 0.15) is 16.0 Å². The standard InChI is InChI=1S/C27H27Cl2N3O4S/c28-20-9-7-18(8-10-20)5-6-19-15-21(37-17-19)16-30-26(35)24(33)25(34)27(36)32-13-11-31(12-14-32)23-4-2-1-3-22(23)29/h1-10,15,17,24-25,33-34H,11-14,16H2,(H,30,35)/t24-,25-/m1/s1. The van der Waals surface area contributed by atoms with Crippen LogP contribution in [0.15, 0.2) is 60.0 Å². The molecule has 2 atom stereocenters. The minimum absolute atomic E-state index is 0.173. The van der Waals surface area contributed by atoms with E-state index in [0.29, 0.717) is 36.2 Å². The zero-order valence-electron chi connectivity index (χ0n) is 19.9. The number of anilines is 1. The van der Waals surface area contributed by atoms with Crippen LogP contribution in [0.2, 0.25) is 10.0 Å². The smallest absolute Gasteiger partial charge is 0.254 e. The first-order valence-corrected chi connectivity index (χ1v) is 13.4. The summed E-state index contributed by atoms with van der Waals surface area (Å²) in [5.41, 5.74) is 2.86. The minimum atomic E-state index is -1.86. The van der Waals surface area contributed by atoms with Crippen LogP contribution in [0.3, 0.4) is 0 Å². The lowest BCUT2D eigenvalue weighted by Gasteiger charge is -2.37. The number of nitrogens with zero attached hydrogens (tertiary/aromatic N) is 2. The molecule has 0 spiro atoms. The van der Waals surface area contributed by atoms with Crippen molar-refractivity contribution in [2.24, 2.45) is 0 Å². The molecular formula is C27H27Cl2N3O4S. The molecule has 0 saturated carbocycles. The summed E-state index contributed by atoms with van der Waals surface area (Å²) < 4.78 is 0. The first-order chi connectivity index (χ1) is 17.8. The lowest BCUT2D eigenvalue weighted by molar-refractivity contribution is -0.153. The van der Waals surface area contributed by atoms with Gasteiger partial charge in [0.05, 0.1) is 17.3 Å². The summed E-state index contributed by atoms with van der Waals surface area (Å²) in [5.74, 6) is -1.48. The van der Waals surface area contributed by atoms with E-state index in [9.17, 15) is 19.8 Å². The lowest BCUT2D eigenvalue weighted by Crippen LogP contribution is -2.55. The van der Waals surface area contributed by atoms with Crippen molar-refractivity contribution in [2.45, 2.75) is 18.8 Å². The number of hydrogen-bond donors (Lipinski definition) is 3. The molecule has 0 aliphatic carbocycles. The van der Waals surface area contributed by atoms with E-state index in [0.717, 1.165) is 21.7 Å². The second kappa shape index (κ2) is 12.6. The predicted molar refractivity (Wildman–Crippen MR) is 149 cm³/mol. The van der Waals surface area contributed by atoms with Gasteiger partial charge in [-0.1, -0.05) is 59.6 Å². The number of aliphatic hydroxyl groups excluding tert-OH is 2. The van der Waals surface area contributed by atoms with Gasteiger partial charge in [0.25, 0.3) is 11.8 Å². The third-order valence-corrected chi connectivity index (χ3v) is 7.58. The number of halogens is 2. The summed E-state index contributed by atoms with van der Waals surface area (Å²) in [4.78, 5) is 29.5. The van der Waals surface area contributed by atoms with Crippen molar-refractivity contribution in [3.05, 3.63) is 86.0 Å². The lowest BCUT2D eigenvalue weighted by atomic mass is 10.1. The molecule has 4 rings (SSSR count). The average Bonchev–Trinajstić information content (AvgIpc) is 3.38. The van der Waals surface area contributed by atoms with E-state index in [4.69, 9.17) is 23.2 Å². The number of thiophene rings is 1. The Morgan fingerprint density at radius 3 is 2.32 bits per heavy atom. The van der Waals surface area contributed by atoms with Crippen molar-refractivity contribution in [3.63, 3.8) is 0 Å². The fourth-order valence-electron chi connectivity index (χ4n) is 3.96. The molecule has 1 fully saturated rings. The first kappa shape index (κ1) is 27.2. The maximum Gasteiger partial charge on any atom is 0.254 e. The van der Waals surface area contributed by atoms with Gasteiger partial charge in [0.1, 0.15) is 0 Å². The Balaban J connectivity index is 1.24. The molecule has 194 valence electrons. The molecule has 1 aromatic heterocycles. The van der Waals surface area contributed by atoms with Gasteiger partial charge < -0.3 is 25.3 Å². The molecule has 0 bridgehead atoms. The maximum absolute atomic E-state index is 12.7. The topological polar surface area (TPSA) is 93.1 Å². The third-order valence-electron chi connectivity index (χ3n) is 6.05. The maximum atomic E-state index is 12.7. The zero-order chi connectivity index (χ0) is 26.4. The average molecular weight is 561 g/mol. The van der Waals surface area contributed by atoms with Crippen molar-refractivity contribution >= 4 is 64.2 Å². The number of rotatable bonds is 8. The van der Waals surface area contributed by atoms with Crippen molar-refractivity contribution in [3.8, 4) is 0 Å². The molecule has 7 nitrogen and oxygen atoms in total. The normalized spacial score (nSPS) is 15.6. The summed E-state index contributed by atoms with van der Waals surface area (Å²) in [7, 11) is 0. The number of carbonyl (C=O) groups is 2.